The van der Waals surface area contributed by atoms with Crippen LogP contribution in [0.5, 0.6) is 11.5 Å². The summed E-state index contributed by atoms with van der Waals surface area (Å²) in [7, 11) is 3.04. The molecule has 1 aliphatic rings. The highest BCUT2D eigenvalue weighted by Gasteiger charge is 2.42. The molecule has 0 aliphatic carbocycles. The summed E-state index contributed by atoms with van der Waals surface area (Å²) < 4.78 is 10.6. The van der Waals surface area contributed by atoms with Crippen molar-refractivity contribution < 1.29 is 19.4 Å². The van der Waals surface area contributed by atoms with Crippen molar-refractivity contribution in [3.8, 4) is 11.5 Å². The molecule has 8 nitrogen and oxygen atoms in total. The van der Waals surface area contributed by atoms with Gasteiger partial charge >= 0.3 is 5.97 Å². The number of aromatic amines is 1. The number of benzene rings is 2. The molecule has 1 saturated heterocycles. The number of hydrogen-bond acceptors (Lipinski definition) is 6. The number of rotatable bonds is 6. The maximum atomic E-state index is 12.7. The molecule has 0 bridgehead atoms. The van der Waals surface area contributed by atoms with Crippen LogP contribution in [0.4, 0.5) is 5.95 Å². The summed E-state index contributed by atoms with van der Waals surface area (Å²) in [5.74, 6) is 0.599. The Hall–Kier alpha value is -3.55. The topological polar surface area (TPSA) is 105 Å². The Labute approximate surface area is 179 Å². The van der Waals surface area contributed by atoms with Crippen LogP contribution in [0.1, 0.15) is 18.4 Å². The van der Waals surface area contributed by atoms with Crippen molar-refractivity contribution in [3.63, 3.8) is 0 Å². The van der Waals surface area contributed by atoms with Gasteiger partial charge in [0, 0.05) is 19.2 Å². The second-order valence-corrected chi connectivity index (χ2v) is 7.85. The van der Waals surface area contributed by atoms with Crippen molar-refractivity contribution in [2.24, 2.45) is 5.41 Å². The first-order chi connectivity index (χ1) is 15.0. The number of methoxy groups -OCH3 is 2. The third-order valence-corrected chi connectivity index (χ3v) is 6.06. The van der Waals surface area contributed by atoms with Crippen LogP contribution in [0.3, 0.4) is 0 Å². The Bertz CT molecular complexity index is 1150. The van der Waals surface area contributed by atoms with Crippen LogP contribution < -0.4 is 19.9 Å². The van der Waals surface area contributed by atoms with Crippen LogP contribution in [-0.2, 0) is 11.2 Å². The van der Waals surface area contributed by atoms with Crippen LogP contribution in [0.15, 0.2) is 47.3 Å². The number of fused-ring (bicyclic) bond motifs is 1. The van der Waals surface area contributed by atoms with E-state index in [1.165, 1.54) is 14.2 Å². The average Bonchev–Trinajstić information content (AvgIpc) is 2.79. The summed E-state index contributed by atoms with van der Waals surface area (Å²) in [4.78, 5) is 34.2. The van der Waals surface area contributed by atoms with Crippen molar-refractivity contribution >= 4 is 22.8 Å². The summed E-state index contributed by atoms with van der Waals surface area (Å²) >= 11 is 0. The van der Waals surface area contributed by atoms with E-state index in [4.69, 9.17) is 9.47 Å². The van der Waals surface area contributed by atoms with E-state index in [2.05, 4.69) is 9.97 Å². The molecule has 0 atom stereocenters. The van der Waals surface area contributed by atoms with E-state index in [-0.39, 0.29) is 5.56 Å². The number of piperidine rings is 1. The number of aliphatic carboxylic acids is 1. The molecule has 31 heavy (non-hydrogen) atoms. The van der Waals surface area contributed by atoms with Crippen molar-refractivity contribution in [3.05, 3.63) is 58.4 Å². The Balaban J connectivity index is 1.60. The van der Waals surface area contributed by atoms with E-state index in [0.29, 0.717) is 60.7 Å². The normalized spacial score (nSPS) is 15.6. The fourth-order valence-corrected chi connectivity index (χ4v) is 4.20. The lowest BCUT2D eigenvalue weighted by Crippen LogP contribution is -2.46. The molecule has 2 N–H and O–H groups in total. The van der Waals surface area contributed by atoms with Gasteiger partial charge in [-0.15, -0.1) is 0 Å². The molecule has 0 radical (unpaired) electrons. The Kier molecular flexibility index (Phi) is 5.54. The van der Waals surface area contributed by atoms with Gasteiger partial charge in [-0.2, -0.15) is 0 Å². The molecule has 2 aromatic carbocycles. The number of nitrogens with one attached hydrogen (secondary N) is 1. The number of hydrogen-bond donors (Lipinski definition) is 2. The predicted molar refractivity (Wildman–Crippen MR) is 117 cm³/mol. The van der Waals surface area contributed by atoms with Gasteiger partial charge < -0.3 is 19.5 Å². The van der Waals surface area contributed by atoms with Gasteiger partial charge in [-0.1, -0.05) is 30.3 Å². The quantitative estimate of drug-likeness (QED) is 0.628. The lowest BCUT2D eigenvalue weighted by atomic mass is 9.74. The van der Waals surface area contributed by atoms with Crippen molar-refractivity contribution in [2.45, 2.75) is 19.3 Å². The second-order valence-electron chi connectivity index (χ2n) is 7.85. The van der Waals surface area contributed by atoms with E-state index >= 15 is 0 Å². The van der Waals surface area contributed by atoms with E-state index in [1.807, 2.05) is 35.2 Å². The molecule has 162 valence electrons. The summed E-state index contributed by atoms with van der Waals surface area (Å²) in [6.45, 7) is 0.974. The number of carboxylic acid groups (broad SMARTS) is 1. The van der Waals surface area contributed by atoms with E-state index < -0.39 is 11.4 Å². The van der Waals surface area contributed by atoms with Gasteiger partial charge in [-0.05, 0) is 30.9 Å². The first-order valence-corrected chi connectivity index (χ1v) is 10.1. The van der Waals surface area contributed by atoms with Crippen molar-refractivity contribution in [1.29, 1.82) is 0 Å². The average molecular weight is 423 g/mol. The number of ether oxygens (including phenoxy) is 2. The number of nitrogens with zero attached hydrogens (tertiary/aromatic N) is 2. The second kappa shape index (κ2) is 8.29. The highest BCUT2D eigenvalue weighted by atomic mass is 16.5. The highest BCUT2D eigenvalue weighted by Crippen LogP contribution is 2.37. The zero-order valence-electron chi connectivity index (χ0n) is 17.6. The minimum atomic E-state index is -0.828. The third kappa shape index (κ3) is 3.93. The molecular formula is C23H25N3O5. The first kappa shape index (κ1) is 20.7. The number of aromatic nitrogens is 2. The maximum absolute atomic E-state index is 12.7. The highest BCUT2D eigenvalue weighted by molar-refractivity contribution is 5.83. The minimum absolute atomic E-state index is 0.277. The zero-order chi connectivity index (χ0) is 22.0. The molecule has 1 fully saturated rings. The van der Waals surface area contributed by atoms with Gasteiger partial charge in [0.05, 0.1) is 30.5 Å². The lowest BCUT2D eigenvalue weighted by Gasteiger charge is -2.39. The fraction of sp³-hybridized carbons (Fsp3) is 0.348. The van der Waals surface area contributed by atoms with E-state index in [0.717, 1.165) is 5.56 Å². The number of H-pyrrole nitrogens is 1. The van der Waals surface area contributed by atoms with Gasteiger partial charge in [-0.25, -0.2) is 4.98 Å². The summed E-state index contributed by atoms with van der Waals surface area (Å²) in [6.07, 6.45) is 1.41. The molecule has 8 heteroatoms. The third-order valence-electron chi connectivity index (χ3n) is 6.06. The molecular weight excluding hydrogens is 398 g/mol. The molecule has 3 aromatic rings. The standard InChI is InChI=1S/C23H25N3O5/c1-30-18-12-16-17(13-19(18)31-2)24-22(25-20(16)27)26-10-8-23(9-11-26,21(28)29)14-15-6-4-3-5-7-15/h3-7,12-13H,8-11,14H2,1-2H3,(H,28,29)(H,24,25,27). The minimum Gasteiger partial charge on any atom is -0.493 e. The molecule has 0 amide bonds. The smallest absolute Gasteiger partial charge is 0.310 e. The molecule has 1 aromatic heterocycles. The summed E-state index contributed by atoms with van der Waals surface area (Å²) in [5, 5.41) is 10.4. The van der Waals surface area contributed by atoms with Gasteiger partial charge in [0.2, 0.25) is 5.95 Å². The van der Waals surface area contributed by atoms with Gasteiger partial charge in [0.1, 0.15) is 0 Å². The molecule has 0 saturated carbocycles. The van der Waals surface area contributed by atoms with Crippen LogP contribution in [0.25, 0.3) is 10.9 Å². The first-order valence-electron chi connectivity index (χ1n) is 10.1. The SMILES string of the molecule is COc1cc2nc(N3CCC(Cc4ccccc4)(C(=O)O)CC3)[nH]c(=O)c2cc1OC. The Morgan fingerprint density at radius 1 is 1.13 bits per heavy atom. The number of carboxylic acids is 1. The van der Waals surface area contributed by atoms with Crippen molar-refractivity contribution in [1.82, 2.24) is 9.97 Å². The van der Waals surface area contributed by atoms with Gasteiger partial charge in [0.15, 0.2) is 11.5 Å². The monoisotopic (exact) mass is 423 g/mol. The Morgan fingerprint density at radius 3 is 2.39 bits per heavy atom. The zero-order valence-corrected chi connectivity index (χ0v) is 17.6. The van der Waals surface area contributed by atoms with Crippen LogP contribution in [0.2, 0.25) is 0 Å². The Morgan fingerprint density at radius 2 is 1.77 bits per heavy atom. The van der Waals surface area contributed by atoms with E-state index in [1.54, 1.807) is 12.1 Å². The van der Waals surface area contributed by atoms with Crippen molar-refractivity contribution in [2.75, 3.05) is 32.2 Å². The van der Waals surface area contributed by atoms with Crippen LogP contribution in [0, 0.1) is 5.41 Å². The maximum Gasteiger partial charge on any atom is 0.310 e. The molecule has 1 aliphatic heterocycles. The molecule has 2 heterocycles. The molecule has 0 unspecified atom stereocenters. The van der Waals surface area contributed by atoms with Crippen LogP contribution in [-0.4, -0.2) is 48.4 Å². The largest absolute Gasteiger partial charge is 0.493 e. The van der Waals surface area contributed by atoms with Crippen LogP contribution >= 0.6 is 0 Å². The van der Waals surface area contributed by atoms with Gasteiger partial charge in [0.25, 0.3) is 5.56 Å². The van der Waals surface area contributed by atoms with E-state index in [9.17, 15) is 14.7 Å². The predicted octanol–water partition coefficient (Wildman–Crippen LogP) is 2.85. The molecule has 4 rings (SSSR count). The summed E-state index contributed by atoms with van der Waals surface area (Å²) in [6, 6.07) is 13.0. The summed E-state index contributed by atoms with van der Waals surface area (Å²) in [5.41, 5.74) is 0.402. The molecule has 0 spiro atoms. The number of anilines is 1. The number of carbonyl (C=O) groups is 1. The van der Waals surface area contributed by atoms with Gasteiger partial charge in [-0.3, -0.25) is 14.6 Å². The fourth-order valence-electron chi connectivity index (χ4n) is 4.20. The lowest BCUT2D eigenvalue weighted by molar-refractivity contribution is -0.150.